The van der Waals surface area contributed by atoms with Gasteiger partial charge in [0, 0.05) is 71.8 Å². The Morgan fingerprint density at radius 1 is 1.05 bits per heavy atom. The smallest absolute Gasteiger partial charge is 0.218 e. The lowest BCUT2D eigenvalue weighted by atomic mass is 9.96. The van der Waals surface area contributed by atoms with Gasteiger partial charge >= 0.3 is 0 Å². The molecule has 1 aromatic carbocycles. The summed E-state index contributed by atoms with van der Waals surface area (Å²) < 4.78 is 57.5. The van der Waals surface area contributed by atoms with Crippen LogP contribution in [-0.4, -0.2) is 46.5 Å². The zero-order valence-electron chi connectivity index (χ0n) is 20.8. The third-order valence-corrected chi connectivity index (χ3v) is 9.26. The number of pyridine rings is 1. The van der Waals surface area contributed by atoms with E-state index in [1.165, 1.54) is 4.31 Å². The first-order valence-electron chi connectivity index (χ1n) is 12.7. The Morgan fingerprint density at radius 2 is 1.79 bits per heavy atom. The van der Waals surface area contributed by atoms with Gasteiger partial charge < -0.3 is 0 Å². The topological polar surface area (TPSA) is 93.1 Å². The minimum Gasteiger partial charge on any atom is -0.288 e. The number of carbonyl (C=O) groups is 1. The third-order valence-electron chi connectivity index (χ3n) is 7.47. The summed E-state index contributed by atoms with van der Waals surface area (Å²) in [5.41, 5.74) is 1.67. The van der Waals surface area contributed by atoms with Crippen LogP contribution in [-0.2, 0) is 22.2 Å². The molecule has 0 unspecified atom stereocenters. The zero-order valence-corrected chi connectivity index (χ0v) is 21.6. The number of carbonyl (C=O) groups excluding carboxylic acids is 1. The number of rotatable bonds is 7. The quantitative estimate of drug-likeness (QED) is 0.407. The summed E-state index contributed by atoms with van der Waals surface area (Å²) in [7, 11) is -3.81. The Hall–Kier alpha value is -3.37. The highest BCUT2D eigenvalue weighted by Gasteiger charge is 2.33. The van der Waals surface area contributed by atoms with Crippen molar-refractivity contribution in [2.24, 2.45) is 5.92 Å². The van der Waals surface area contributed by atoms with Gasteiger partial charge in [0.2, 0.25) is 10.0 Å². The van der Waals surface area contributed by atoms with Crippen molar-refractivity contribution in [1.29, 1.82) is 0 Å². The number of sulfonamides is 1. The van der Waals surface area contributed by atoms with Crippen LogP contribution in [0.15, 0.2) is 42.9 Å². The van der Waals surface area contributed by atoms with Crippen molar-refractivity contribution in [1.82, 2.24) is 19.3 Å². The minimum atomic E-state index is -3.81. The van der Waals surface area contributed by atoms with Gasteiger partial charge in [0.25, 0.3) is 0 Å². The molecule has 3 aromatic rings. The largest absolute Gasteiger partial charge is 0.288 e. The van der Waals surface area contributed by atoms with Crippen LogP contribution in [0.2, 0.25) is 0 Å². The lowest BCUT2D eigenvalue weighted by Crippen LogP contribution is -2.30. The fraction of sp³-hybridized carbons (Fsp3) is 0.357. The Bertz CT molecular complexity index is 1580. The van der Waals surface area contributed by atoms with E-state index in [0.717, 1.165) is 42.8 Å². The third kappa shape index (κ3) is 4.56. The molecule has 2 fully saturated rings. The molecule has 38 heavy (non-hydrogen) atoms. The molecule has 7 nitrogen and oxygen atoms in total. The van der Waals surface area contributed by atoms with Crippen LogP contribution in [0.4, 0.5) is 8.78 Å². The highest BCUT2D eigenvalue weighted by molar-refractivity contribution is 7.88. The molecule has 1 atom stereocenters. The van der Waals surface area contributed by atoms with Crippen LogP contribution in [0, 0.1) is 17.6 Å². The number of ketones is 1. The minimum absolute atomic E-state index is 0.135. The number of allylic oxidation sites excluding steroid dienone is 2. The Labute approximate surface area is 219 Å². The van der Waals surface area contributed by atoms with Gasteiger partial charge in [-0.3, -0.25) is 9.78 Å². The van der Waals surface area contributed by atoms with E-state index in [1.807, 2.05) is 6.92 Å². The normalized spacial score (nSPS) is 19.4. The maximum atomic E-state index is 15.6. The van der Waals surface area contributed by atoms with Crippen molar-refractivity contribution in [3.05, 3.63) is 82.7 Å². The SMILES string of the molecule is C[C@H]1CCN(S(=O)(=O)Cc2ccc(F)c(C(=O)C3=CCc4ncc(-c5cnc(C6CC6)nc5)cc43)c2F)C1. The lowest BCUT2D eigenvalue weighted by molar-refractivity contribution is 0.104. The first-order valence-corrected chi connectivity index (χ1v) is 14.3. The fourth-order valence-corrected chi connectivity index (χ4v) is 6.76. The second-order valence-electron chi connectivity index (χ2n) is 10.4. The van der Waals surface area contributed by atoms with Crippen molar-refractivity contribution in [2.75, 3.05) is 13.1 Å². The number of nitrogens with zero attached hydrogens (tertiary/aromatic N) is 4. The number of Topliss-reactive ketones (excluding diaryl/α,β-unsaturated/α-hetero) is 1. The Kier molecular flexibility index (Phi) is 6.19. The molecule has 0 radical (unpaired) electrons. The summed E-state index contributed by atoms with van der Waals surface area (Å²) in [6, 6.07) is 3.81. The molecule has 6 rings (SSSR count). The predicted molar refractivity (Wildman–Crippen MR) is 138 cm³/mol. The van der Waals surface area contributed by atoms with Crippen molar-refractivity contribution in [3.63, 3.8) is 0 Å². The molecular formula is C28H26F2N4O3S. The number of benzene rings is 1. The zero-order chi connectivity index (χ0) is 26.6. The standard InChI is InChI=1S/C28H26F2N4O3S/c1-16-8-9-34(14-16)38(36,37)15-18-4-6-23(29)25(26(18)30)27(35)21-5-7-24-22(21)10-19(11-31-24)20-12-32-28(33-13-20)17-2-3-17/h4-6,10-13,16-17H,2-3,7-9,14-15H2,1H3/t16-/m0/s1. The highest BCUT2D eigenvalue weighted by Crippen LogP contribution is 2.38. The predicted octanol–water partition coefficient (Wildman–Crippen LogP) is 4.69. The van der Waals surface area contributed by atoms with Crippen molar-refractivity contribution in [2.45, 2.75) is 44.3 Å². The molecule has 2 aromatic heterocycles. The van der Waals surface area contributed by atoms with E-state index in [1.54, 1.807) is 30.7 Å². The average Bonchev–Trinajstić information content (AvgIpc) is 3.51. The van der Waals surface area contributed by atoms with E-state index in [-0.39, 0.29) is 17.1 Å². The van der Waals surface area contributed by atoms with Crippen LogP contribution < -0.4 is 0 Å². The van der Waals surface area contributed by atoms with Gasteiger partial charge in [-0.05, 0) is 37.3 Å². The molecule has 0 bridgehead atoms. The maximum Gasteiger partial charge on any atom is 0.218 e. The first kappa shape index (κ1) is 24.9. The second kappa shape index (κ2) is 9.43. The number of fused-ring (bicyclic) bond motifs is 1. The van der Waals surface area contributed by atoms with Crippen LogP contribution in [0.3, 0.4) is 0 Å². The molecular weight excluding hydrogens is 510 g/mol. The molecule has 10 heteroatoms. The Balaban J connectivity index is 1.29. The van der Waals surface area contributed by atoms with E-state index >= 15 is 4.39 Å². The second-order valence-corrected chi connectivity index (χ2v) is 12.3. The molecule has 0 spiro atoms. The van der Waals surface area contributed by atoms with E-state index in [9.17, 15) is 17.6 Å². The molecule has 3 heterocycles. The Morgan fingerprint density at radius 3 is 2.47 bits per heavy atom. The molecule has 0 amide bonds. The van der Waals surface area contributed by atoms with Gasteiger partial charge in [-0.2, -0.15) is 0 Å². The van der Waals surface area contributed by atoms with Crippen molar-refractivity contribution in [3.8, 4) is 11.1 Å². The van der Waals surface area contributed by atoms with Gasteiger partial charge in [-0.25, -0.2) is 31.5 Å². The fourth-order valence-electron chi connectivity index (χ4n) is 5.09. The lowest BCUT2D eigenvalue weighted by Gasteiger charge is -2.17. The van der Waals surface area contributed by atoms with Crippen LogP contribution in [0.5, 0.6) is 0 Å². The highest BCUT2D eigenvalue weighted by atomic mass is 32.2. The molecule has 0 N–H and O–H groups in total. The average molecular weight is 537 g/mol. The molecule has 196 valence electrons. The molecule has 2 aliphatic carbocycles. The first-order chi connectivity index (χ1) is 18.2. The molecule has 1 saturated carbocycles. The number of halogens is 2. The molecule has 3 aliphatic rings. The summed E-state index contributed by atoms with van der Waals surface area (Å²) in [5.74, 6) is -2.21. The van der Waals surface area contributed by atoms with Crippen molar-refractivity contribution >= 4 is 21.4 Å². The van der Waals surface area contributed by atoms with Gasteiger partial charge in [-0.15, -0.1) is 0 Å². The van der Waals surface area contributed by atoms with E-state index < -0.39 is 38.8 Å². The van der Waals surface area contributed by atoms with Crippen LogP contribution in [0.25, 0.3) is 16.7 Å². The number of aromatic nitrogens is 3. The van der Waals surface area contributed by atoms with E-state index in [0.29, 0.717) is 42.2 Å². The van der Waals surface area contributed by atoms with E-state index in [4.69, 9.17) is 0 Å². The van der Waals surface area contributed by atoms with Gasteiger partial charge in [-0.1, -0.05) is 19.1 Å². The summed E-state index contributed by atoms with van der Waals surface area (Å²) in [5, 5.41) is 0. The summed E-state index contributed by atoms with van der Waals surface area (Å²) in [4.78, 5) is 26.8. The number of hydrogen-bond donors (Lipinski definition) is 0. The molecule has 1 saturated heterocycles. The maximum absolute atomic E-state index is 15.6. The number of hydrogen-bond acceptors (Lipinski definition) is 6. The summed E-state index contributed by atoms with van der Waals surface area (Å²) >= 11 is 0. The van der Waals surface area contributed by atoms with Crippen molar-refractivity contribution < 1.29 is 22.0 Å². The summed E-state index contributed by atoms with van der Waals surface area (Å²) in [6.07, 6.45) is 9.96. The van der Waals surface area contributed by atoms with Gasteiger partial charge in [0.15, 0.2) is 5.78 Å². The molecule has 1 aliphatic heterocycles. The summed E-state index contributed by atoms with van der Waals surface area (Å²) in [6.45, 7) is 2.68. The van der Waals surface area contributed by atoms with Gasteiger partial charge in [0.05, 0.1) is 17.0 Å². The van der Waals surface area contributed by atoms with Crippen LogP contribution in [0.1, 0.15) is 65.1 Å². The van der Waals surface area contributed by atoms with Gasteiger partial charge in [0.1, 0.15) is 17.5 Å². The van der Waals surface area contributed by atoms with E-state index in [2.05, 4.69) is 15.0 Å². The van der Waals surface area contributed by atoms with Crippen LogP contribution >= 0.6 is 0 Å². The monoisotopic (exact) mass is 536 g/mol.